The molecule has 0 unspecified atom stereocenters. The Balaban J connectivity index is 0.00000441. The molecule has 4 nitrogen and oxygen atoms in total. The Hall–Kier alpha value is -0.980. The quantitative estimate of drug-likeness (QED) is 0.332. The predicted octanol–water partition coefficient (Wildman–Crippen LogP) is 3.64. The summed E-state index contributed by atoms with van der Waals surface area (Å²) in [4.78, 5) is 6.36. The number of hydrogen-bond acceptors (Lipinski definition) is 2. The maximum Gasteiger partial charge on any atom is 0.191 e. The molecule has 5 heteroatoms. The Labute approximate surface area is 152 Å². The van der Waals surface area contributed by atoms with E-state index < -0.39 is 0 Å². The van der Waals surface area contributed by atoms with Gasteiger partial charge in [-0.3, -0.25) is 0 Å². The van der Waals surface area contributed by atoms with Gasteiger partial charge in [0.2, 0.25) is 0 Å². The van der Waals surface area contributed by atoms with E-state index in [1.165, 1.54) is 5.56 Å². The first kappa shape index (κ1) is 21.0. The fourth-order valence-electron chi connectivity index (χ4n) is 2.02. The Bertz CT molecular complexity index is 448. The zero-order valence-corrected chi connectivity index (χ0v) is 16.8. The zero-order chi connectivity index (χ0) is 15.9. The van der Waals surface area contributed by atoms with Crippen molar-refractivity contribution in [3.63, 3.8) is 0 Å². The summed E-state index contributed by atoms with van der Waals surface area (Å²) >= 11 is 0. The monoisotopic (exact) mass is 419 g/mol. The number of aliphatic imine (C=N–C) groups is 1. The summed E-state index contributed by atoms with van der Waals surface area (Å²) in [6, 6.07) is 8.25. The van der Waals surface area contributed by atoms with E-state index in [9.17, 15) is 0 Å². The number of guanidine groups is 1. The summed E-state index contributed by atoms with van der Waals surface area (Å²) in [7, 11) is 0. The highest BCUT2D eigenvalue weighted by atomic mass is 127. The second kappa shape index (κ2) is 9.92. The van der Waals surface area contributed by atoms with Crippen molar-refractivity contribution in [1.29, 1.82) is 0 Å². The molecular weight excluding hydrogens is 389 g/mol. The van der Waals surface area contributed by atoms with Crippen molar-refractivity contribution >= 4 is 29.9 Å². The third-order valence-electron chi connectivity index (χ3n) is 3.44. The van der Waals surface area contributed by atoms with Crippen LogP contribution in [-0.4, -0.2) is 37.1 Å². The highest BCUT2D eigenvalue weighted by Crippen LogP contribution is 2.24. The van der Waals surface area contributed by atoms with E-state index in [1.54, 1.807) is 0 Å². The number of nitrogens with zero attached hydrogens (tertiary/aromatic N) is 2. The molecule has 0 aliphatic heterocycles. The lowest BCUT2D eigenvalue weighted by Gasteiger charge is -2.19. The van der Waals surface area contributed by atoms with E-state index in [0.717, 1.165) is 18.8 Å². The molecule has 0 heterocycles. The summed E-state index contributed by atoms with van der Waals surface area (Å²) in [5.74, 6) is 1.46. The second-order valence-corrected chi connectivity index (χ2v) is 6.04. The van der Waals surface area contributed by atoms with Gasteiger partial charge in [0.15, 0.2) is 5.96 Å². The van der Waals surface area contributed by atoms with Crippen LogP contribution in [0.1, 0.15) is 40.2 Å². The fourth-order valence-corrected chi connectivity index (χ4v) is 2.02. The maximum absolute atomic E-state index is 5.91. The normalized spacial score (nSPS) is 11.8. The molecule has 0 saturated heterocycles. The molecule has 1 rings (SSSR count). The molecule has 0 spiro atoms. The van der Waals surface area contributed by atoms with Crippen molar-refractivity contribution in [3.8, 4) is 5.75 Å². The second-order valence-electron chi connectivity index (χ2n) is 6.04. The van der Waals surface area contributed by atoms with Crippen molar-refractivity contribution in [2.75, 3.05) is 26.2 Å². The highest BCUT2D eigenvalue weighted by Gasteiger charge is 2.12. The molecule has 126 valence electrons. The number of halogens is 1. The molecule has 1 aromatic carbocycles. The number of rotatable bonds is 6. The molecule has 0 saturated carbocycles. The van der Waals surface area contributed by atoms with Crippen LogP contribution in [0.3, 0.4) is 0 Å². The van der Waals surface area contributed by atoms with Crippen LogP contribution in [0.15, 0.2) is 29.3 Å². The van der Waals surface area contributed by atoms with Crippen LogP contribution in [0.5, 0.6) is 5.75 Å². The van der Waals surface area contributed by atoms with Gasteiger partial charge in [-0.25, -0.2) is 4.99 Å². The minimum absolute atomic E-state index is 0. The fraction of sp³-hybridized carbons (Fsp3) is 0.588. The minimum atomic E-state index is 0. The van der Waals surface area contributed by atoms with E-state index in [2.05, 4.69) is 51.7 Å². The van der Waals surface area contributed by atoms with Gasteiger partial charge in [0.05, 0.1) is 6.54 Å². The van der Waals surface area contributed by atoms with Crippen LogP contribution in [0.25, 0.3) is 0 Å². The van der Waals surface area contributed by atoms with E-state index in [4.69, 9.17) is 10.5 Å². The molecule has 0 fully saturated rings. The van der Waals surface area contributed by atoms with Gasteiger partial charge in [-0.2, -0.15) is 0 Å². The number of hydrogen-bond donors (Lipinski definition) is 1. The Morgan fingerprint density at radius 2 is 1.68 bits per heavy atom. The van der Waals surface area contributed by atoms with Gasteiger partial charge >= 0.3 is 0 Å². The smallest absolute Gasteiger partial charge is 0.191 e. The third-order valence-corrected chi connectivity index (χ3v) is 3.44. The molecule has 0 bridgehead atoms. The summed E-state index contributed by atoms with van der Waals surface area (Å²) in [5, 5.41) is 0. The van der Waals surface area contributed by atoms with E-state index >= 15 is 0 Å². The number of nitrogens with two attached hydrogens (primary N) is 1. The van der Waals surface area contributed by atoms with Gasteiger partial charge in [-0.1, -0.05) is 32.9 Å². The molecule has 2 N–H and O–H groups in total. The van der Waals surface area contributed by atoms with Gasteiger partial charge in [0.25, 0.3) is 0 Å². The van der Waals surface area contributed by atoms with Crippen LogP contribution in [-0.2, 0) is 5.41 Å². The Morgan fingerprint density at radius 1 is 1.14 bits per heavy atom. The highest BCUT2D eigenvalue weighted by molar-refractivity contribution is 14.0. The lowest BCUT2D eigenvalue weighted by molar-refractivity contribution is 0.327. The average Bonchev–Trinajstić information content (AvgIpc) is 2.44. The lowest BCUT2D eigenvalue weighted by Crippen LogP contribution is -2.37. The number of ether oxygens (including phenoxy) is 1. The van der Waals surface area contributed by atoms with Gasteiger partial charge in [0.1, 0.15) is 12.4 Å². The molecule has 0 radical (unpaired) electrons. The van der Waals surface area contributed by atoms with E-state index in [0.29, 0.717) is 19.1 Å². The Kier molecular flexibility index (Phi) is 9.48. The molecule has 0 amide bonds. The van der Waals surface area contributed by atoms with Crippen LogP contribution in [0, 0.1) is 0 Å². The standard InChI is InChI=1S/C17H29N3O.HI/c1-6-20(7-2)16(18)19-12-13-21-15-10-8-14(9-11-15)17(3,4)5;/h8-11H,6-7,12-13H2,1-5H3,(H2,18,19);1H. The topological polar surface area (TPSA) is 50.8 Å². The summed E-state index contributed by atoms with van der Waals surface area (Å²) in [5.41, 5.74) is 7.38. The van der Waals surface area contributed by atoms with E-state index in [1.807, 2.05) is 17.0 Å². The van der Waals surface area contributed by atoms with Crippen LogP contribution in [0.2, 0.25) is 0 Å². The largest absolute Gasteiger partial charge is 0.492 e. The van der Waals surface area contributed by atoms with Gasteiger partial charge in [-0.05, 0) is 37.0 Å². The first-order valence-electron chi connectivity index (χ1n) is 7.66. The molecule has 0 aromatic heterocycles. The molecular formula is C17H30IN3O. The lowest BCUT2D eigenvalue weighted by atomic mass is 9.87. The van der Waals surface area contributed by atoms with Crippen LogP contribution in [0.4, 0.5) is 0 Å². The summed E-state index contributed by atoms with van der Waals surface area (Å²) in [6.45, 7) is 13.6. The summed E-state index contributed by atoms with van der Waals surface area (Å²) < 4.78 is 5.69. The van der Waals surface area contributed by atoms with E-state index in [-0.39, 0.29) is 29.4 Å². The van der Waals surface area contributed by atoms with Crippen LogP contribution >= 0.6 is 24.0 Å². The van der Waals surface area contributed by atoms with Crippen molar-refractivity contribution < 1.29 is 4.74 Å². The first-order valence-corrected chi connectivity index (χ1v) is 7.66. The van der Waals surface area contributed by atoms with Gasteiger partial charge < -0.3 is 15.4 Å². The molecule has 1 aromatic rings. The molecule has 0 aliphatic carbocycles. The molecule has 22 heavy (non-hydrogen) atoms. The number of benzene rings is 1. The van der Waals surface area contributed by atoms with Gasteiger partial charge in [-0.15, -0.1) is 24.0 Å². The maximum atomic E-state index is 5.91. The SMILES string of the molecule is CCN(CC)C(N)=NCCOc1ccc(C(C)(C)C)cc1.I. The molecule has 0 aliphatic rings. The van der Waals surface area contributed by atoms with Crippen LogP contribution < -0.4 is 10.5 Å². The predicted molar refractivity (Wildman–Crippen MR) is 105 cm³/mol. The third kappa shape index (κ3) is 6.85. The molecule has 0 atom stereocenters. The van der Waals surface area contributed by atoms with Crippen molar-refractivity contribution in [3.05, 3.63) is 29.8 Å². The average molecular weight is 419 g/mol. The van der Waals surface area contributed by atoms with Crippen molar-refractivity contribution in [2.24, 2.45) is 10.7 Å². The van der Waals surface area contributed by atoms with Crippen molar-refractivity contribution in [1.82, 2.24) is 4.90 Å². The first-order chi connectivity index (χ1) is 9.88. The minimum Gasteiger partial charge on any atom is -0.492 e. The Morgan fingerprint density at radius 3 is 2.14 bits per heavy atom. The van der Waals surface area contributed by atoms with Gasteiger partial charge in [0, 0.05) is 13.1 Å². The van der Waals surface area contributed by atoms with Crippen molar-refractivity contribution in [2.45, 2.75) is 40.0 Å². The zero-order valence-electron chi connectivity index (χ0n) is 14.4. The summed E-state index contributed by atoms with van der Waals surface area (Å²) in [6.07, 6.45) is 0.